The number of anilines is 1. The molecule has 3 aromatic rings. The first-order valence-corrected chi connectivity index (χ1v) is 8.16. The Morgan fingerprint density at radius 1 is 1.04 bits per heavy atom. The number of benzene rings is 2. The Morgan fingerprint density at radius 2 is 1.81 bits per heavy atom. The first-order chi connectivity index (χ1) is 12.5. The summed E-state index contributed by atoms with van der Waals surface area (Å²) < 4.78 is 5.21. The molecule has 0 spiro atoms. The predicted molar refractivity (Wildman–Crippen MR) is 98.8 cm³/mol. The molecule has 0 atom stereocenters. The Kier molecular flexibility index (Phi) is 4.88. The first kappa shape index (κ1) is 17.5. The van der Waals surface area contributed by atoms with Crippen LogP contribution in [0.15, 0.2) is 41.2 Å². The molecule has 26 heavy (non-hydrogen) atoms. The molecule has 3 rings (SSSR count). The van der Waals surface area contributed by atoms with Crippen LogP contribution in [-0.2, 0) is 4.79 Å². The van der Waals surface area contributed by atoms with Crippen molar-refractivity contribution in [2.75, 3.05) is 12.4 Å². The lowest BCUT2D eigenvalue weighted by Gasteiger charge is -2.09. The molecule has 0 unspecified atom stereocenters. The molecule has 0 saturated carbocycles. The number of fused-ring (bicyclic) bond motifs is 1. The number of carbonyl (C=O) groups excluding carboxylic acids is 2. The number of hydrogen-bond acceptors (Lipinski definition) is 4. The second kappa shape index (κ2) is 7.26. The molecule has 0 aliphatic heterocycles. The zero-order valence-corrected chi connectivity index (χ0v) is 14.5. The third kappa shape index (κ3) is 3.83. The molecule has 1 amide bonds. The number of methoxy groups -OCH3 is 1. The highest BCUT2D eigenvalue weighted by Crippen LogP contribution is 2.22. The Hall–Kier alpha value is -3.35. The third-order valence-electron chi connectivity index (χ3n) is 4.03. The summed E-state index contributed by atoms with van der Waals surface area (Å²) in [7, 11) is 1.51. The summed E-state index contributed by atoms with van der Waals surface area (Å²) in [6, 6.07) is 10.4. The molecule has 1 heterocycles. The van der Waals surface area contributed by atoms with Crippen molar-refractivity contribution in [3.8, 4) is 5.75 Å². The maximum atomic E-state index is 12.4. The molecule has 0 radical (unpaired) electrons. The van der Waals surface area contributed by atoms with E-state index in [9.17, 15) is 14.4 Å². The predicted octanol–water partition coefficient (Wildman–Crippen LogP) is 2.77. The molecule has 0 saturated heterocycles. The van der Waals surface area contributed by atoms with Gasteiger partial charge in [0, 0.05) is 18.5 Å². The Balaban J connectivity index is 1.63. The molecule has 3 N–H and O–H groups in total. The van der Waals surface area contributed by atoms with Crippen molar-refractivity contribution < 1.29 is 14.3 Å². The number of amides is 1. The van der Waals surface area contributed by atoms with Gasteiger partial charge in [0.15, 0.2) is 5.78 Å². The lowest BCUT2D eigenvalue weighted by atomic mass is 10.0. The van der Waals surface area contributed by atoms with E-state index in [2.05, 4.69) is 15.3 Å². The van der Waals surface area contributed by atoms with Crippen molar-refractivity contribution in [1.82, 2.24) is 9.97 Å². The number of carbonyl (C=O) groups is 2. The topological polar surface area (TPSA) is 104 Å². The van der Waals surface area contributed by atoms with Crippen molar-refractivity contribution in [3.05, 3.63) is 58.0 Å². The number of H-pyrrole nitrogens is 2. The van der Waals surface area contributed by atoms with E-state index in [0.717, 1.165) is 5.56 Å². The molecular weight excluding hydrogens is 334 g/mol. The Bertz CT molecular complexity index is 1030. The smallest absolute Gasteiger partial charge is 0.323 e. The average molecular weight is 353 g/mol. The van der Waals surface area contributed by atoms with E-state index < -0.39 is 0 Å². The minimum Gasteiger partial charge on any atom is -0.496 e. The van der Waals surface area contributed by atoms with Gasteiger partial charge in [0.25, 0.3) is 0 Å². The summed E-state index contributed by atoms with van der Waals surface area (Å²) in [5.74, 6) is 0.0798. The van der Waals surface area contributed by atoms with E-state index in [1.54, 1.807) is 30.3 Å². The molecule has 0 fully saturated rings. The van der Waals surface area contributed by atoms with Crippen molar-refractivity contribution >= 4 is 28.4 Å². The molecule has 7 nitrogen and oxygen atoms in total. The average Bonchev–Trinajstić information content (AvgIpc) is 2.99. The number of imidazole rings is 1. The fourth-order valence-electron chi connectivity index (χ4n) is 2.74. The number of nitrogens with one attached hydrogen (secondary N) is 3. The highest BCUT2D eigenvalue weighted by molar-refractivity contribution is 6.02. The van der Waals surface area contributed by atoms with E-state index in [4.69, 9.17) is 4.74 Å². The summed E-state index contributed by atoms with van der Waals surface area (Å²) in [5.41, 5.74) is 2.95. The lowest BCUT2D eigenvalue weighted by molar-refractivity contribution is -0.116. The highest BCUT2D eigenvalue weighted by atomic mass is 16.5. The number of aromatic amines is 2. The summed E-state index contributed by atoms with van der Waals surface area (Å²) in [6.07, 6.45) is 0.131. The fourth-order valence-corrected chi connectivity index (χ4v) is 2.74. The summed E-state index contributed by atoms with van der Waals surface area (Å²) in [6.45, 7) is 1.89. The van der Waals surface area contributed by atoms with Gasteiger partial charge in [-0.1, -0.05) is 11.6 Å². The largest absolute Gasteiger partial charge is 0.496 e. The molecule has 0 aliphatic rings. The Labute approximate surface area is 149 Å². The minimum absolute atomic E-state index is 0.0532. The molecule has 2 aromatic carbocycles. The van der Waals surface area contributed by atoms with Crippen LogP contribution in [0.1, 0.15) is 28.8 Å². The van der Waals surface area contributed by atoms with Crippen molar-refractivity contribution in [2.24, 2.45) is 0 Å². The van der Waals surface area contributed by atoms with Gasteiger partial charge < -0.3 is 20.0 Å². The van der Waals surface area contributed by atoms with Crippen LogP contribution >= 0.6 is 0 Å². The first-order valence-electron chi connectivity index (χ1n) is 8.16. The van der Waals surface area contributed by atoms with Crippen molar-refractivity contribution in [2.45, 2.75) is 19.8 Å². The van der Waals surface area contributed by atoms with Crippen LogP contribution in [0.25, 0.3) is 11.0 Å². The summed E-state index contributed by atoms with van der Waals surface area (Å²) in [5, 5.41) is 2.73. The van der Waals surface area contributed by atoms with E-state index in [1.807, 2.05) is 13.0 Å². The van der Waals surface area contributed by atoms with Crippen molar-refractivity contribution in [3.63, 3.8) is 0 Å². The van der Waals surface area contributed by atoms with E-state index in [-0.39, 0.29) is 30.2 Å². The van der Waals surface area contributed by atoms with Crippen LogP contribution in [-0.4, -0.2) is 28.8 Å². The zero-order valence-electron chi connectivity index (χ0n) is 14.5. The maximum Gasteiger partial charge on any atom is 0.323 e. The number of hydrogen-bond donors (Lipinski definition) is 3. The summed E-state index contributed by atoms with van der Waals surface area (Å²) in [4.78, 5) is 41.1. The quantitative estimate of drug-likeness (QED) is 0.593. The van der Waals surface area contributed by atoms with Crippen molar-refractivity contribution in [1.29, 1.82) is 0 Å². The maximum absolute atomic E-state index is 12.4. The molecular formula is C19H19N3O4. The van der Waals surface area contributed by atoms with Crippen LogP contribution in [0.2, 0.25) is 0 Å². The molecule has 7 heteroatoms. The van der Waals surface area contributed by atoms with Crippen LogP contribution in [0.5, 0.6) is 5.75 Å². The minimum atomic E-state index is -0.304. The number of rotatable bonds is 6. The van der Waals surface area contributed by atoms with Crippen LogP contribution in [0.3, 0.4) is 0 Å². The lowest BCUT2D eigenvalue weighted by Crippen LogP contribution is -2.14. The molecule has 0 aliphatic carbocycles. The molecule has 1 aromatic heterocycles. The normalized spacial score (nSPS) is 10.7. The van der Waals surface area contributed by atoms with Gasteiger partial charge in [0.2, 0.25) is 5.91 Å². The van der Waals surface area contributed by atoms with Gasteiger partial charge in [-0.2, -0.15) is 0 Å². The third-order valence-corrected chi connectivity index (χ3v) is 4.03. The molecule has 134 valence electrons. The monoisotopic (exact) mass is 353 g/mol. The number of aromatic nitrogens is 2. The second-order valence-corrected chi connectivity index (χ2v) is 6.01. The summed E-state index contributed by atoms with van der Waals surface area (Å²) >= 11 is 0. The molecule has 0 bridgehead atoms. The second-order valence-electron chi connectivity index (χ2n) is 6.01. The van der Waals surface area contributed by atoms with Gasteiger partial charge in [0.1, 0.15) is 5.75 Å². The standard InChI is InChI=1S/C19H19N3O4/c1-11-3-7-17(26-2)13(9-11)16(23)6-8-18(24)20-12-4-5-14-15(10-12)22-19(25)21-14/h3-5,7,9-10H,6,8H2,1-2H3,(H,20,24)(H2,21,22,25). The van der Waals surface area contributed by atoms with Gasteiger partial charge in [-0.15, -0.1) is 0 Å². The number of ether oxygens (including phenoxy) is 1. The van der Waals surface area contributed by atoms with E-state index in [1.165, 1.54) is 7.11 Å². The van der Waals surface area contributed by atoms with Gasteiger partial charge in [-0.3, -0.25) is 9.59 Å². The van der Waals surface area contributed by atoms with Gasteiger partial charge in [-0.25, -0.2) is 4.79 Å². The number of aryl methyl sites for hydroxylation is 1. The zero-order chi connectivity index (χ0) is 18.7. The number of Topliss-reactive ketones (excluding diaryl/α,β-unsaturated/α-hetero) is 1. The number of ketones is 1. The van der Waals surface area contributed by atoms with E-state index >= 15 is 0 Å². The van der Waals surface area contributed by atoms with Crippen LogP contribution in [0, 0.1) is 6.92 Å². The Morgan fingerprint density at radius 3 is 2.58 bits per heavy atom. The highest BCUT2D eigenvalue weighted by Gasteiger charge is 2.14. The van der Waals surface area contributed by atoms with Crippen LogP contribution < -0.4 is 15.7 Å². The van der Waals surface area contributed by atoms with Gasteiger partial charge in [-0.05, 0) is 37.3 Å². The van der Waals surface area contributed by atoms with Gasteiger partial charge in [0.05, 0.1) is 23.7 Å². The van der Waals surface area contributed by atoms with Crippen LogP contribution in [0.4, 0.5) is 5.69 Å². The fraction of sp³-hybridized carbons (Fsp3) is 0.211. The van der Waals surface area contributed by atoms with Gasteiger partial charge >= 0.3 is 5.69 Å². The van der Waals surface area contributed by atoms with E-state index in [0.29, 0.717) is 28.0 Å². The SMILES string of the molecule is COc1ccc(C)cc1C(=O)CCC(=O)Nc1ccc2[nH]c(=O)[nH]c2c1.